The Morgan fingerprint density at radius 2 is 1.74 bits per heavy atom. The van der Waals surface area contributed by atoms with Gasteiger partial charge in [-0.2, -0.15) is 0 Å². The monoisotopic (exact) mass is 483 g/mol. The van der Waals surface area contributed by atoms with Gasteiger partial charge in [0.2, 0.25) is 5.91 Å². The summed E-state index contributed by atoms with van der Waals surface area (Å²) >= 11 is 6.17. The molecule has 0 aliphatic carbocycles. The zero-order valence-electron chi connectivity index (χ0n) is 18.4. The number of amides is 2. The SMILES string of the molecule is O=C(Cc1ccccc1Cl)N1CCN(C(=O)c2nnn3c2CO[C@H](c2ccc(F)cc2)C3)CC1. The van der Waals surface area contributed by atoms with Crippen molar-refractivity contribution in [3.63, 3.8) is 0 Å². The molecule has 1 fully saturated rings. The second kappa shape index (κ2) is 9.52. The molecule has 0 saturated carbocycles. The van der Waals surface area contributed by atoms with E-state index in [0.29, 0.717) is 43.4 Å². The molecular weight excluding hydrogens is 461 g/mol. The average Bonchev–Trinajstić information content (AvgIpc) is 3.29. The third kappa shape index (κ3) is 4.53. The van der Waals surface area contributed by atoms with Crippen LogP contribution >= 0.6 is 11.6 Å². The number of aromatic nitrogens is 3. The summed E-state index contributed by atoms with van der Waals surface area (Å²) in [6.07, 6.45) is -0.0519. The Morgan fingerprint density at radius 3 is 2.47 bits per heavy atom. The fourth-order valence-electron chi connectivity index (χ4n) is 4.28. The number of ether oxygens (including phenoxy) is 1. The molecule has 0 bridgehead atoms. The maximum atomic E-state index is 13.2. The first-order chi connectivity index (χ1) is 16.5. The lowest BCUT2D eigenvalue weighted by Crippen LogP contribution is -2.51. The summed E-state index contributed by atoms with van der Waals surface area (Å²) in [6.45, 7) is 2.30. The quantitative estimate of drug-likeness (QED) is 0.570. The highest BCUT2D eigenvalue weighted by Crippen LogP contribution is 2.27. The first-order valence-corrected chi connectivity index (χ1v) is 11.5. The fraction of sp³-hybridized carbons (Fsp3) is 0.333. The highest BCUT2D eigenvalue weighted by atomic mass is 35.5. The number of hydrogen-bond donors (Lipinski definition) is 0. The smallest absolute Gasteiger partial charge is 0.276 e. The number of carbonyl (C=O) groups excluding carboxylic acids is 2. The van der Waals surface area contributed by atoms with E-state index in [9.17, 15) is 14.0 Å². The van der Waals surface area contributed by atoms with Crippen molar-refractivity contribution in [2.75, 3.05) is 26.2 Å². The number of nitrogens with zero attached hydrogens (tertiary/aromatic N) is 5. The number of piperazine rings is 1. The van der Waals surface area contributed by atoms with E-state index in [0.717, 1.165) is 11.1 Å². The number of rotatable bonds is 4. The molecule has 34 heavy (non-hydrogen) atoms. The van der Waals surface area contributed by atoms with E-state index >= 15 is 0 Å². The van der Waals surface area contributed by atoms with Crippen LogP contribution in [0.15, 0.2) is 48.5 Å². The molecule has 5 rings (SSSR count). The van der Waals surface area contributed by atoms with Crippen LogP contribution in [0.3, 0.4) is 0 Å². The van der Waals surface area contributed by atoms with Crippen LogP contribution in [-0.4, -0.2) is 62.8 Å². The molecule has 0 unspecified atom stereocenters. The van der Waals surface area contributed by atoms with Crippen LogP contribution in [0.25, 0.3) is 0 Å². The van der Waals surface area contributed by atoms with E-state index in [2.05, 4.69) is 10.3 Å². The molecule has 0 N–H and O–H groups in total. The third-order valence-corrected chi connectivity index (χ3v) is 6.63. The van der Waals surface area contributed by atoms with Gasteiger partial charge in [0.25, 0.3) is 5.91 Å². The second-order valence-corrected chi connectivity index (χ2v) is 8.77. The van der Waals surface area contributed by atoms with Crippen molar-refractivity contribution in [2.45, 2.75) is 25.7 Å². The van der Waals surface area contributed by atoms with Crippen molar-refractivity contribution in [3.8, 4) is 0 Å². The van der Waals surface area contributed by atoms with Crippen LogP contribution in [0.5, 0.6) is 0 Å². The van der Waals surface area contributed by atoms with E-state index in [1.807, 2.05) is 18.2 Å². The van der Waals surface area contributed by atoms with Gasteiger partial charge in [-0.3, -0.25) is 9.59 Å². The Bertz CT molecular complexity index is 1210. The topological polar surface area (TPSA) is 80.6 Å². The normalized spacial score (nSPS) is 18.0. The summed E-state index contributed by atoms with van der Waals surface area (Å²) in [7, 11) is 0. The maximum Gasteiger partial charge on any atom is 0.276 e. The average molecular weight is 484 g/mol. The molecule has 1 saturated heterocycles. The second-order valence-electron chi connectivity index (χ2n) is 8.36. The van der Waals surface area contributed by atoms with Crippen LogP contribution < -0.4 is 0 Å². The van der Waals surface area contributed by atoms with Crippen LogP contribution in [0.4, 0.5) is 4.39 Å². The van der Waals surface area contributed by atoms with Crippen molar-refractivity contribution in [3.05, 3.63) is 81.9 Å². The van der Waals surface area contributed by atoms with Gasteiger partial charge in [-0.1, -0.05) is 47.1 Å². The molecule has 0 radical (unpaired) electrons. The van der Waals surface area contributed by atoms with Crippen LogP contribution in [0, 0.1) is 5.82 Å². The molecule has 8 nitrogen and oxygen atoms in total. The molecule has 2 aliphatic heterocycles. The number of benzene rings is 2. The molecule has 176 valence electrons. The molecule has 3 aromatic rings. The highest BCUT2D eigenvalue weighted by Gasteiger charge is 2.32. The minimum Gasteiger partial charge on any atom is -0.365 e. The molecule has 3 heterocycles. The molecular formula is C24H23ClFN5O3. The Balaban J connectivity index is 1.19. The lowest BCUT2D eigenvalue weighted by molar-refractivity contribution is -0.131. The van der Waals surface area contributed by atoms with Gasteiger partial charge in [0.05, 0.1) is 25.3 Å². The van der Waals surface area contributed by atoms with Crippen molar-refractivity contribution >= 4 is 23.4 Å². The van der Waals surface area contributed by atoms with Gasteiger partial charge in [0.1, 0.15) is 11.9 Å². The standard InChI is InChI=1S/C24H23ClFN5O3/c25-19-4-2-1-3-17(19)13-22(32)29-9-11-30(12-10-29)24(33)23-20-15-34-21(14-31(20)28-27-23)16-5-7-18(26)8-6-16/h1-8,21H,9-15H2/t21-/m0/s1. The summed E-state index contributed by atoms with van der Waals surface area (Å²) in [5.74, 6) is -0.538. The molecule has 0 spiro atoms. The van der Waals surface area contributed by atoms with Crippen LogP contribution in [-0.2, 0) is 29.1 Å². The van der Waals surface area contributed by atoms with E-state index in [-0.39, 0.29) is 42.5 Å². The zero-order chi connectivity index (χ0) is 23.7. The van der Waals surface area contributed by atoms with E-state index < -0.39 is 0 Å². The van der Waals surface area contributed by atoms with Gasteiger partial charge >= 0.3 is 0 Å². The van der Waals surface area contributed by atoms with E-state index in [1.54, 1.807) is 32.7 Å². The molecule has 2 aromatic carbocycles. The summed E-state index contributed by atoms with van der Waals surface area (Å²) in [6, 6.07) is 13.5. The lowest BCUT2D eigenvalue weighted by Gasteiger charge is -2.34. The van der Waals surface area contributed by atoms with Gasteiger partial charge in [0, 0.05) is 31.2 Å². The number of carbonyl (C=O) groups is 2. The summed E-state index contributed by atoms with van der Waals surface area (Å²) < 4.78 is 20.8. The first-order valence-electron chi connectivity index (χ1n) is 11.1. The van der Waals surface area contributed by atoms with Gasteiger partial charge < -0.3 is 14.5 Å². The van der Waals surface area contributed by atoms with Crippen molar-refractivity contribution in [1.29, 1.82) is 0 Å². The molecule has 2 aliphatic rings. The molecule has 2 amide bonds. The van der Waals surface area contributed by atoms with Crippen LogP contribution in [0.1, 0.15) is 33.4 Å². The van der Waals surface area contributed by atoms with Crippen LogP contribution in [0.2, 0.25) is 5.02 Å². The minimum absolute atomic E-state index is 0.0125. The predicted octanol–water partition coefficient (Wildman–Crippen LogP) is 2.87. The van der Waals surface area contributed by atoms with Gasteiger partial charge in [0.15, 0.2) is 5.69 Å². The van der Waals surface area contributed by atoms with Gasteiger partial charge in [-0.25, -0.2) is 9.07 Å². The number of hydrogen-bond acceptors (Lipinski definition) is 5. The zero-order valence-corrected chi connectivity index (χ0v) is 19.1. The maximum absolute atomic E-state index is 13.2. The Hall–Kier alpha value is -3.30. The van der Waals surface area contributed by atoms with Crippen molar-refractivity contribution in [2.24, 2.45) is 0 Å². The Labute approximate surface area is 200 Å². The van der Waals surface area contributed by atoms with Crippen molar-refractivity contribution < 1.29 is 18.7 Å². The Kier molecular flexibility index (Phi) is 6.30. The largest absolute Gasteiger partial charge is 0.365 e. The predicted molar refractivity (Wildman–Crippen MR) is 122 cm³/mol. The lowest BCUT2D eigenvalue weighted by atomic mass is 10.1. The number of fused-ring (bicyclic) bond motifs is 1. The summed E-state index contributed by atoms with van der Waals surface area (Å²) in [4.78, 5) is 29.3. The van der Waals surface area contributed by atoms with E-state index in [1.165, 1.54) is 12.1 Å². The number of halogens is 2. The first kappa shape index (κ1) is 22.5. The molecule has 10 heteroatoms. The minimum atomic E-state index is -0.306. The van der Waals surface area contributed by atoms with Gasteiger partial charge in [-0.05, 0) is 29.3 Å². The van der Waals surface area contributed by atoms with Crippen molar-refractivity contribution in [1.82, 2.24) is 24.8 Å². The molecule has 1 atom stereocenters. The van der Waals surface area contributed by atoms with Gasteiger partial charge in [-0.15, -0.1) is 5.10 Å². The summed E-state index contributed by atoms with van der Waals surface area (Å²) in [5, 5.41) is 8.85. The van der Waals surface area contributed by atoms with E-state index in [4.69, 9.17) is 16.3 Å². The third-order valence-electron chi connectivity index (χ3n) is 6.26. The Morgan fingerprint density at radius 1 is 1.03 bits per heavy atom. The molecule has 1 aromatic heterocycles. The highest BCUT2D eigenvalue weighted by molar-refractivity contribution is 6.31. The fourth-order valence-corrected chi connectivity index (χ4v) is 4.48. The summed E-state index contributed by atoms with van der Waals surface area (Å²) in [5.41, 5.74) is 2.53.